The van der Waals surface area contributed by atoms with Crippen LogP contribution in [0.25, 0.3) is 11.2 Å². The number of ether oxygens (including phenoxy) is 1. The van der Waals surface area contributed by atoms with Crippen molar-refractivity contribution in [1.29, 1.82) is 0 Å². The van der Waals surface area contributed by atoms with E-state index >= 15 is 0 Å². The Labute approximate surface area is 172 Å². The summed E-state index contributed by atoms with van der Waals surface area (Å²) in [5.41, 5.74) is 3.74. The fourth-order valence-electron chi connectivity index (χ4n) is 2.97. The lowest BCUT2D eigenvalue weighted by molar-refractivity contribution is 0.217. The smallest absolute Gasteiger partial charge is 0.249 e. The first-order chi connectivity index (χ1) is 14.1. The van der Waals surface area contributed by atoms with Gasteiger partial charge in [0.15, 0.2) is 11.3 Å². The van der Waals surface area contributed by atoms with Gasteiger partial charge in [0, 0.05) is 32.4 Å². The second-order valence-electron chi connectivity index (χ2n) is 6.76. The molecule has 0 fully saturated rings. The van der Waals surface area contributed by atoms with Crippen LogP contribution in [0.5, 0.6) is 5.88 Å². The first kappa shape index (κ1) is 20.6. The number of pyridine rings is 1. The molecule has 0 saturated heterocycles. The third-order valence-electron chi connectivity index (χ3n) is 4.65. The first-order valence-corrected chi connectivity index (χ1v) is 9.88. The highest BCUT2D eigenvalue weighted by Gasteiger charge is 2.10. The van der Waals surface area contributed by atoms with Gasteiger partial charge in [-0.15, -0.1) is 0 Å². The highest BCUT2D eigenvalue weighted by molar-refractivity contribution is 5.71. The van der Waals surface area contributed by atoms with Crippen molar-refractivity contribution < 1.29 is 4.74 Å². The Balaban J connectivity index is 1.94. The Morgan fingerprint density at radius 1 is 0.966 bits per heavy atom. The van der Waals surface area contributed by atoms with Gasteiger partial charge in [-0.05, 0) is 43.3 Å². The minimum Gasteiger partial charge on any atom is -0.474 e. The molecule has 0 bridgehead atoms. The molecule has 0 saturated carbocycles. The number of hydrogen-bond acceptors (Lipinski definition) is 6. The van der Waals surface area contributed by atoms with E-state index in [1.807, 2.05) is 55.4 Å². The average molecular weight is 390 g/mol. The number of anilines is 1. The van der Waals surface area contributed by atoms with Crippen LogP contribution in [0.2, 0.25) is 0 Å². The minimum absolute atomic E-state index is 0.451. The van der Waals surface area contributed by atoms with Crippen molar-refractivity contribution in [2.75, 3.05) is 45.2 Å². The lowest BCUT2D eigenvalue weighted by atomic mass is 10.1. The third-order valence-corrected chi connectivity index (χ3v) is 4.65. The van der Waals surface area contributed by atoms with E-state index in [0.29, 0.717) is 29.3 Å². The van der Waals surface area contributed by atoms with Gasteiger partial charge >= 0.3 is 0 Å². The maximum absolute atomic E-state index is 5.99. The Morgan fingerprint density at radius 2 is 1.76 bits per heavy atom. The van der Waals surface area contributed by atoms with Crippen LogP contribution < -0.4 is 9.64 Å². The molecule has 150 valence electrons. The molecular weight excluding hydrogens is 362 g/mol. The number of rotatable bonds is 7. The number of hydrogen-bond donors (Lipinski definition) is 0. The molecule has 0 radical (unpaired) electrons. The number of para-hydroxylation sites is 1. The monoisotopic (exact) mass is 389 g/mol. The van der Waals surface area contributed by atoms with Crippen molar-refractivity contribution in [3.05, 3.63) is 53.9 Å². The summed E-state index contributed by atoms with van der Waals surface area (Å²) in [7, 11) is 4.00. The predicted octanol–water partition coefficient (Wildman–Crippen LogP) is 3.21. The SMILES string of the molecule is CCN(CC)CCOc1nc2cccnc2nc1C#Cc1ccccc1N(C)C. The van der Waals surface area contributed by atoms with E-state index < -0.39 is 0 Å². The molecular formula is C23H27N5O. The largest absolute Gasteiger partial charge is 0.474 e. The van der Waals surface area contributed by atoms with Gasteiger partial charge in [-0.1, -0.05) is 31.9 Å². The van der Waals surface area contributed by atoms with Crippen LogP contribution in [0, 0.1) is 11.8 Å². The number of benzene rings is 1. The van der Waals surface area contributed by atoms with Gasteiger partial charge in [0.1, 0.15) is 12.1 Å². The van der Waals surface area contributed by atoms with E-state index in [0.717, 1.165) is 30.9 Å². The minimum atomic E-state index is 0.451. The van der Waals surface area contributed by atoms with Crippen LogP contribution in [-0.2, 0) is 0 Å². The Morgan fingerprint density at radius 3 is 2.52 bits per heavy atom. The second-order valence-corrected chi connectivity index (χ2v) is 6.76. The molecule has 29 heavy (non-hydrogen) atoms. The highest BCUT2D eigenvalue weighted by Crippen LogP contribution is 2.19. The summed E-state index contributed by atoms with van der Waals surface area (Å²) >= 11 is 0. The molecule has 0 aliphatic heterocycles. The van der Waals surface area contributed by atoms with Gasteiger partial charge in [0.2, 0.25) is 5.88 Å². The summed E-state index contributed by atoms with van der Waals surface area (Å²) in [6.45, 7) is 7.62. The Kier molecular flexibility index (Phi) is 6.99. The molecule has 6 heteroatoms. The molecule has 6 nitrogen and oxygen atoms in total. The Hall–Kier alpha value is -3.17. The lowest BCUT2D eigenvalue weighted by Crippen LogP contribution is -2.28. The molecule has 0 N–H and O–H groups in total. The standard InChI is InChI=1S/C23H27N5O/c1-5-28(6-2)16-17-29-23-20(25-22-19(26-23)11-9-15-24-22)14-13-18-10-7-8-12-21(18)27(3)4/h7-12,15H,5-6,16-17H2,1-4H3. The molecule has 3 aromatic rings. The summed E-state index contributed by atoms with van der Waals surface area (Å²) in [4.78, 5) is 17.9. The van der Waals surface area contributed by atoms with E-state index in [1.165, 1.54) is 0 Å². The summed E-state index contributed by atoms with van der Waals surface area (Å²) in [5, 5.41) is 0. The van der Waals surface area contributed by atoms with Crippen LogP contribution in [0.1, 0.15) is 25.1 Å². The quantitative estimate of drug-likeness (QED) is 0.579. The fraction of sp³-hybridized carbons (Fsp3) is 0.348. The number of fused-ring (bicyclic) bond motifs is 1. The van der Waals surface area contributed by atoms with Gasteiger partial charge in [0.25, 0.3) is 0 Å². The normalized spacial score (nSPS) is 10.7. The number of nitrogens with zero attached hydrogens (tertiary/aromatic N) is 5. The Bertz CT molecular complexity index is 1020. The highest BCUT2D eigenvalue weighted by atomic mass is 16.5. The van der Waals surface area contributed by atoms with Crippen LogP contribution in [-0.4, -0.2) is 60.2 Å². The van der Waals surface area contributed by atoms with Gasteiger partial charge in [-0.25, -0.2) is 15.0 Å². The zero-order valence-corrected chi connectivity index (χ0v) is 17.5. The molecule has 3 rings (SSSR count). The fourth-order valence-corrected chi connectivity index (χ4v) is 2.97. The molecule has 0 amide bonds. The first-order valence-electron chi connectivity index (χ1n) is 9.88. The van der Waals surface area contributed by atoms with Crippen molar-refractivity contribution in [2.45, 2.75) is 13.8 Å². The van der Waals surface area contributed by atoms with Gasteiger partial charge in [-0.2, -0.15) is 0 Å². The summed E-state index contributed by atoms with van der Waals surface area (Å²) in [6, 6.07) is 11.7. The average Bonchev–Trinajstić information content (AvgIpc) is 2.75. The topological polar surface area (TPSA) is 54.4 Å². The molecule has 0 aliphatic carbocycles. The van der Waals surface area contributed by atoms with Crippen LogP contribution in [0.15, 0.2) is 42.6 Å². The van der Waals surface area contributed by atoms with E-state index in [2.05, 4.69) is 45.5 Å². The predicted molar refractivity (Wildman–Crippen MR) is 117 cm³/mol. The lowest BCUT2D eigenvalue weighted by Gasteiger charge is -2.18. The summed E-state index contributed by atoms with van der Waals surface area (Å²) in [6.07, 6.45) is 1.70. The molecule has 1 aromatic carbocycles. The molecule has 2 heterocycles. The van der Waals surface area contributed by atoms with Crippen molar-refractivity contribution in [3.63, 3.8) is 0 Å². The van der Waals surface area contributed by atoms with Crippen molar-refractivity contribution in [2.24, 2.45) is 0 Å². The second kappa shape index (κ2) is 9.85. The maximum Gasteiger partial charge on any atom is 0.249 e. The maximum atomic E-state index is 5.99. The van der Waals surface area contributed by atoms with E-state index in [9.17, 15) is 0 Å². The van der Waals surface area contributed by atoms with Crippen LogP contribution >= 0.6 is 0 Å². The van der Waals surface area contributed by atoms with Crippen molar-refractivity contribution >= 4 is 16.9 Å². The van der Waals surface area contributed by atoms with E-state index in [1.54, 1.807) is 6.20 Å². The molecule has 2 aromatic heterocycles. The zero-order chi connectivity index (χ0) is 20.6. The molecule has 0 atom stereocenters. The molecule has 0 unspecified atom stereocenters. The number of aromatic nitrogens is 3. The van der Waals surface area contributed by atoms with E-state index in [-0.39, 0.29) is 0 Å². The summed E-state index contributed by atoms with van der Waals surface area (Å²) in [5.74, 6) is 6.83. The van der Waals surface area contributed by atoms with Gasteiger partial charge < -0.3 is 14.5 Å². The van der Waals surface area contributed by atoms with Gasteiger partial charge in [0.05, 0.1) is 5.69 Å². The summed E-state index contributed by atoms with van der Waals surface area (Å²) < 4.78 is 5.99. The van der Waals surface area contributed by atoms with E-state index in [4.69, 9.17) is 4.74 Å². The van der Waals surface area contributed by atoms with Crippen LogP contribution in [0.3, 0.4) is 0 Å². The van der Waals surface area contributed by atoms with Crippen molar-refractivity contribution in [3.8, 4) is 17.7 Å². The third kappa shape index (κ3) is 5.21. The number of likely N-dealkylation sites (N-methyl/N-ethyl adjacent to an activating group) is 1. The molecule has 0 aliphatic rings. The van der Waals surface area contributed by atoms with Crippen molar-refractivity contribution in [1.82, 2.24) is 19.9 Å². The molecule has 0 spiro atoms. The van der Waals surface area contributed by atoms with Crippen LogP contribution in [0.4, 0.5) is 5.69 Å². The zero-order valence-electron chi connectivity index (χ0n) is 17.5. The van der Waals surface area contributed by atoms with Gasteiger partial charge in [-0.3, -0.25) is 0 Å².